The van der Waals surface area contributed by atoms with E-state index in [0.29, 0.717) is 28.5 Å². The number of fused-ring (bicyclic) bond motifs is 2. The van der Waals surface area contributed by atoms with E-state index >= 15 is 0 Å². The van der Waals surface area contributed by atoms with Crippen molar-refractivity contribution in [1.29, 1.82) is 0 Å². The number of non-ortho nitro benzene ring substituents is 1. The third-order valence-corrected chi connectivity index (χ3v) is 6.85. The van der Waals surface area contributed by atoms with E-state index in [0.717, 1.165) is 20.5 Å². The first-order chi connectivity index (χ1) is 14.3. The molecule has 7 nitrogen and oxygen atoms in total. The van der Waals surface area contributed by atoms with Crippen molar-refractivity contribution in [3.8, 4) is 0 Å². The van der Waals surface area contributed by atoms with Crippen LogP contribution in [0.3, 0.4) is 0 Å². The van der Waals surface area contributed by atoms with Crippen molar-refractivity contribution in [2.45, 2.75) is 6.92 Å². The molecule has 0 unspecified atom stereocenters. The Hall–Kier alpha value is -2.88. The lowest BCUT2D eigenvalue weighted by Gasteiger charge is -2.21. The Balaban J connectivity index is 1.73. The van der Waals surface area contributed by atoms with Crippen molar-refractivity contribution in [2.75, 3.05) is 32.1 Å². The highest BCUT2D eigenvalue weighted by Crippen LogP contribution is 2.33. The molecule has 2 aromatic carbocycles. The van der Waals surface area contributed by atoms with Gasteiger partial charge in [-0.25, -0.2) is 4.98 Å². The Morgan fingerprint density at radius 2 is 1.87 bits per heavy atom. The minimum Gasteiger partial charge on any atom is -0.308 e. The van der Waals surface area contributed by atoms with Gasteiger partial charge in [-0.1, -0.05) is 17.4 Å². The topological polar surface area (TPSA) is 79.6 Å². The molecule has 154 valence electrons. The van der Waals surface area contributed by atoms with Crippen molar-refractivity contribution < 1.29 is 9.72 Å². The molecule has 0 spiro atoms. The molecule has 0 saturated heterocycles. The number of benzene rings is 2. The van der Waals surface area contributed by atoms with Crippen molar-refractivity contribution in [3.05, 3.63) is 63.0 Å². The Kier molecular flexibility index (Phi) is 5.50. The lowest BCUT2D eigenvalue weighted by Crippen LogP contribution is -2.36. The van der Waals surface area contributed by atoms with Gasteiger partial charge in [0.1, 0.15) is 0 Å². The molecule has 2 aromatic heterocycles. The van der Waals surface area contributed by atoms with Crippen LogP contribution < -0.4 is 4.90 Å². The monoisotopic (exact) mass is 440 g/mol. The number of rotatable bonds is 6. The average Bonchev–Trinajstić information content (AvgIpc) is 3.30. The number of thiazole rings is 1. The van der Waals surface area contributed by atoms with E-state index in [1.54, 1.807) is 17.0 Å². The van der Waals surface area contributed by atoms with Gasteiger partial charge in [0.25, 0.3) is 11.6 Å². The molecule has 0 aliphatic carbocycles. The highest BCUT2D eigenvalue weighted by Gasteiger charge is 2.23. The van der Waals surface area contributed by atoms with Crippen LogP contribution in [0.4, 0.5) is 10.8 Å². The number of carbonyl (C=O) groups is 1. The van der Waals surface area contributed by atoms with Gasteiger partial charge >= 0.3 is 0 Å². The number of amides is 1. The third kappa shape index (κ3) is 4.04. The van der Waals surface area contributed by atoms with Crippen molar-refractivity contribution in [2.24, 2.45) is 0 Å². The first-order valence-corrected chi connectivity index (χ1v) is 11.0. The van der Waals surface area contributed by atoms with E-state index in [2.05, 4.69) is 6.07 Å². The summed E-state index contributed by atoms with van der Waals surface area (Å²) >= 11 is 2.84. The lowest BCUT2D eigenvalue weighted by molar-refractivity contribution is -0.384. The molecule has 0 fully saturated rings. The Morgan fingerprint density at radius 3 is 2.60 bits per heavy atom. The van der Waals surface area contributed by atoms with Gasteiger partial charge in [-0.2, -0.15) is 0 Å². The number of anilines is 1. The zero-order valence-corrected chi connectivity index (χ0v) is 18.4. The number of nitrogens with zero attached hydrogens (tertiary/aromatic N) is 4. The van der Waals surface area contributed by atoms with Gasteiger partial charge in [0, 0.05) is 35.3 Å². The SMILES string of the molecule is Cc1ccc2nc(N(CCN(C)C)C(=O)c3cc4cc([N+](=O)[O-])ccc4s3)sc2c1. The van der Waals surface area contributed by atoms with Crippen molar-refractivity contribution >= 4 is 59.7 Å². The predicted molar refractivity (Wildman–Crippen MR) is 123 cm³/mol. The molecule has 4 aromatic rings. The van der Waals surface area contributed by atoms with Crippen LogP contribution in [0.25, 0.3) is 20.3 Å². The van der Waals surface area contributed by atoms with Crippen molar-refractivity contribution in [3.63, 3.8) is 0 Å². The number of likely N-dealkylation sites (N-methyl/N-ethyl adjacent to an activating group) is 1. The molecule has 0 aliphatic heterocycles. The molecule has 1 amide bonds. The van der Waals surface area contributed by atoms with Crippen LogP contribution in [0.1, 0.15) is 15.2 Å². The number of aryl methyl sites for hydroxylation is 1. The molecule has 4 rings (SSSR count). The molecule has 0 bridgehead atoms. The molecule has 2 heterocycles. The van der Waals surface area contributed by atoms with Crippen LogP contribution in [0.5, 0.6) is 0 Å². The zero-order chi connectivity index (χ0) is 21.4. The quantitative estimate of drug-likeness (QED) is 0.314. The summed E-state index contributed by atoms with van der Waals surface area (Å²) in [6.07, 6.45) is 0. The van der Waals surface area contributed by atoms with Crippen LogP contribution in [-0.4, -0.2) is 47.9 Å². The van der Waals surface area contributed by atoms with E-state index in [4.69, 9.17) is 4.98 Å². The van der Waals surface area contributed by atoms with Crippen molar-refractivity contribution in [1.82, 2.24) is 9.88 Å². The summed E-state index contributed by atoms with van der Waals surface area (Å²) in [5.41, 5.74) is 2.04. The fourth-order valence-electron chi connectivity index (χ4n) is 3.10. The normalized spacial score (nSPS) is 11.5. The maximum absolute atomic E-state index is 13.4. The lowest BCUT2D eigenvalue weighted by atomic mass is 10.2. The minimum absolute atomic E-state index is 0.0188. The summed E-state index contributed by atoms with van der Waals surface area (Å²) in [5.74, 6) is -0.142. The number of hydrogen-bond donors (Lipinski definition) is 0. The highest BCUT2D eigenvalue weighted by atomic mass is 32.1. The molecule has 9 heteroatoms. The maximum atomic E-state index is 13.4. The number of nitro benzene ring substituents is 1. The molecule has 30 heavy (non-hydrogen) atoms. The molecule has 0 N–H and O–H groups in total. The second-order valence-corrected chi connectivity index (χ2v) is 9.41. The Morgan fingerprint density at radius 1 is 1.07 bits per heavy atom. The first kappa shape index (κ1) is 20.4. The predicted octanol–water partition coefficient (Wildman–Crippen LogP) is 4.94. The van der Waals surface area contributed by atoms with Crippen LogP contribution in [0.2, 0.25) is 0 Å². The smallest absolute Gasteiger partial charge is 0.270 e. The highest BCUT2D eigenvalue weighted by molar-refractivity contribution is 7.23. The second kappa shape index (κ2) is 8.10. The van der Waals surface area contributed by atoms with Crippen LogP contribution in [0.15, 0.2) is 42.5 Å². The Labute approximate surface area is 181 Å². The summed E-state index contributed by atoms with van der Waals surface area (Å²) in [5, 5.41) is 12.4. The maximum Gasteiger partial charge on any atom is 0.270 e. The standard InChI is InChI=1S/C21H20N4O3S2/c1-13-4-6-16-18(10-13)30-21(22-16)24(9-8-23(2)3)20(26)19-12-14-11-15(25(27)28)5-7-17(14)29-19/h4-7,10-12H,8-9H2,1-3H3. The number of carbonyl (C=O) groups excluding carboxylic acids is 1. The van der Waals surface area contributed by atoms with E-state index in [9.17, 15) is 14.9 Å². The summed E-state index contributed by atoms with van der Waals surface area (Å²) in [6, 6.07) is 12.5. The number of hydrogen-bond acceptors (Lipinski definition) is 7. The summed E-state index contributed by atoms with van der Waals surface area (Å²) < 4.78 is 1.89. The summed E-state index contributed by atoms with van der Waals surface area (Å²) in [6.45, 7) is 3.22. The number of nitro groups is 1. The third-order valence-electron chi connectivity index (χ3n) is 4.70. The van der Waals surface area contributed by atoms with E-state index < -0.39 is 4.92 Å². The van der Waals surface area contributed by atoms with E-state index in [1.165, 1.54) is 34.8 Å². The zero-order valence-electron chi connectivity index (χ0n) is 16.8. The summed E-state index contributed by atoms with van der Waals surface area (Å²) in [7, 11) is 3.92. The van der Waals surface area contributed by atoms with Gasteiger partial charge < -0.3 is 4.90 Å². The molecule has 0 radical (unpaired) electrons. The fourth-order valence-corrected chi connectivity index (χ4v) is 5.18. The average molecular weight is 441 g/mol. The van der Waals surface area contributed by atoms with Crippen LogP contribution >= 0.6 is 22.7 Å². The fraction of sp³-hybridized carbons (Fsp3) is 0.238. The molecular formula is C21H20N4O3S2. The summed E-state index contributed by atoms with van der Waals surface area (Å²) in [4.78, 5) is 33.0. The molecule has 0 aliphatic rings. The van der Waals surface area contributed by atoms with Gasteiger partial charge in [-0.05, 0) is 50.8 Å². The van der Waals surface area contributed by atoms with Crippen LogP contribution in [-0.2, 0) is 0 Å². The largest absolute Gasteiger partial charge is 0.308 e. The molecule has 0 saturated carbocycles. The van der Waals surface area contributed by atoms with Gasteiger partial charge in [-0.3, -0.25) is 19.8 Å². The van der Waals surface area contributed by atoms with Gasteiger partial charge in [-0.15, -0.1) is 11.3 Å². The molecular weight excluding hydrogens is 420 g/mol. The van der Waals surface area contributed by atoms with Crippen LogP contribution in [0, 0.1) is 17.0 Å². The van der Waals surface area contributed by atoms with E-state index in [-0.39, 0.29) is 11.6 Å². The van der Waals surface area contributed by atoms with Gasteiger partial charge in [0.05, 0.1) is 20.0 Å². The minimum atomic E-state index is -0.425. The first-order valence-electron chi connectivity index (χ1n) is 9.33. The number of aromatic nitrogens is 1. The second-order valence-electron chi connectivity index (χ2n) is 7.32. The number of thiophene rings is 1. The van der Waals surface area contributed by atoms with E-state index in [1.807, 2.05) is 38.1 Å². The van der Waals surface area contributed by atoms with Gasteiger partial charge in [0.15, 0.2) is 5.13 Å². The van der Waals surface area contributed by atoms with Gasteiger partial charge in [0.2, 0.25) is 0 Å². The molecule has 0 atom stereocenters. The Bertz CT molecular complexity index is 1260.